The normalized spacial score (nSPS) is 26.0. The Morgan fingerprint density at radius 3 is 3.00 bits per heavy atom. The third-order valence-electron chi connectivity index (χ3n) is 4.67. The lowest BCUT2D eigenvalue weighted by Gasteiger charge is -2.46. The molecular weight excluding hydrogens is 282 g/mol. The van der Waals surface area contributed by atoms with Crippen LogP contribution in [0.25, 0.3) is 0 Å². The van der Waals surface area contributed by atoms with Gasteiger partial charge in [-0.05, 0) is 6.42 Å². The number of nitrogens with zero attached hydrogens (tertiary/aromatic N) is 4. The lowest BCUT2D eigenvalue weighted by atomic mass is 9.91. The molecule has 7 heteroatoms. The summed E-state index contributed by atoms with van der Waals surface area (Å²) in [7, 11) is 1.83. The third kappa shape index (κ3) is 2.21. The van der Waals surface area contributed by atoms with Gasteiger partial charge in [-0.2, -0.15) is 0 Å². The number of rotatable bonds is 3. The van der Waals surface area contributed by atoms with Crippen LogP contribution in [-0.2, 0) is 4.79 Å². The SMILES string of the molecule is C=CCN1CCN(C)C(=O)C12CCN(C(=O)c1cnc[nH]1)C2. The van der Waals surface area contributed by atoms with Crippen molar-refractivity contribution in [2.24, 2.45) is 0 Å². The largest absolute Gasteiger partial charge is 0.343 e. The van der Waals surface area contributed by atoms with Crippen molar-refractivity contribution in [2.75, 3.05) is 39.8 Å². The maximum Gasteiger partial charge on any atom is 0.271 e. The fraction of sp³-hybridized carbons (Fsp3) is 0.533. The van der Waals surface area contributed by atoms with Gasteiger partial charge < -0.3 is 14.8 Å². The van der Waals surface area contributed by atoms with Gasteiger partial charge >= 0.3 is 0 Å². The maximum atomic E-state index is 12.8. The molecule has 22 heavy (non-hydrogen) atoms. The van der Waals surface area contributed by atoms with Gasteiger partial charge in [0.1, 0.15) is 11.2 Å². The van der Waals surface area contributed by atoms with E-state index in [2.05, 4.69) is 21.4 Å². The quantitative estimate of drug-likeness (QED) is 0.795. The standard InChI is InChI=1S/C15H21N5O2/c1-3-5-20-8-7-18(2)14(22)15(20)4-6-19(10-15)13(21)12-9-16-11-17-12/h3,9,11H,1,4-8,10H2,2H3,(H,16,17). The minimum atomic E-state index is -0.614. The number of aromatic nitrogens is 2. The van der Waals surface area contributed by atoms with Crippen LogP contribution in [0.5, 0.6) is 0 Å². The van der Waals surface area contributed by atoms with Crippen LogP contribution >= 0.6 is 0 Å². The van der Waals surface area contributed by atoms with E-state index in [0.717, 1.165) is 6.54 Å². The molecule has 2 saturated heterocycles. The van der Waals surface area contributed by atoms with E-state index in [0.29, 0.717) is 38.3 Å². The van der Waals surface area contributed by atoms with E-state index in [1.807, 2.05) is 13.1 Å². The first-order chi connectivity index (χ1) is 10.6. The highest BCUT2D eigenvalue weighted by atomic mass is 16.2. The summed E-state index contributed by atoms with van der Waals surface area (Å²) in [6.07, 6.45) is 5.48. The zero-order chi connectivity index (χ0) is 15.7. The van der Waals surface area contributed by atoms with Crippen molar-refractivity contribution in [3.63, 3.8) is 0 Å². The van der Waals surface area contributed by atoms with Crippen molar-refractivity contribution < 1.29 is 9.59 Å². The Kier molecular flexibility index (Phi) is 3.74. The molecule has 2 aliphatic heterocycles. The number of piperazine rings is 1. The molecule has 0 radical (unpaired) electrons. The minimum absolute atomic E-state index is 0.0977. The van der Waals surface area contributed by atoms with E-state index >= 15 is 0 Å². The molecule has 1 spiro atoms. The van der Waals surface area contributed by atoms with Gasteiger partial charge in [0, 0.05) is 39.8 Å². The predicted octanol–water partition coefficient (Wildman–Crippen LogP) is -0.0456. The highest BCUT2D eigenvalue weighted by molar-refractivity contribution is 5.94. The Morgan fingerprint density at radius 2 is 2.32 bits per heavy atom. The first-order valence-corrected chi connectivity index (χ1v) is 7.47. The molecule has 2 aliphatic rings. The molecule has 2 amide bonds. The Labute approximate surface area is 129 Å². The maximum absolute atomic E-state index is 12.8. The van der Waals surface area contributed by atoms with Gasteiger partial charge in [0.05, 0.1) is 12.5 Å². The number of imidazole rings is 1. The van der Waals surface area contributed by atoms with Crippen LogP contribution in [0, 0.1) is 0 Å². The fourth-order valence-electron chi connectivity index (χ4n) is 3.44. The third-order valence-corrected chi connectivity index (χ3v) is 4.67. The molecule has 1 unspecified atom stereocenters. The second-order valence-electron chi connectivity index (χ2n) is 5.93. The van der Waals surface area contributed by atoms with E-state index < -0.39 is 5.54 Å². The van der Waals surface area contributed by atoms with E-state index in [1.165, 1.54) is 12.5 Å². The molecule has 0 bridgehead atoms. The van der Waals surface area contributed by atoms with Crippen LogP contribution < -0.4 is 0 Å². The van der Waals surface area contributed by atoms with Crippen molar-refractivity contribution in [1.29, 1.82) is 0 Å². The monoisotopic (exact) mass is 303 g/mol. The van der Waals surface area contributed by atoms with Gasteiger partial charge in [0.2, 0.25) is 5.91 Å². The second-order valence-corrected chi connectivity index (χ2v) is 5.93. The molecule has 0 saturated carbocycles. The van der Waals surface area contributed by atoms with E-state index in [-0.39, 0.29) is 11.8 Å². The number of likely N-dealkylation sites (tertiary alicyclic amines) is 1. The molecule has 1 atom stereocenters. The molecule has 0 aromatic carbocycles. The lowest BCUT2D eigenvalue weighted by Crippen LogP contribution is -2.66. The van der Waals surface area contributed by atoms with Gasteiger partial charge in [-0.25, -0.2) is 4.98 Å². The average Bonchev–Trinajstić information content (AvgIpc) is 3.18. The molecular formula is C15H21N5O2. The Balaban J connectivity index is 1.84. The summed E-state index contributed by atoms with van der Waals surface area (Å²) in [5.41, 5.74) is -0.152. The highest BCUT2D eigenvalue weighted by Crippen LogP contribution is 2.33. The van der Waals surface area contributed by atoms with Crippen LogP contribution in [0.15, 0.2) is 25.2 Å². The summed E-state index contributed by atoms with van der Waals surface area (Å²) in [4.78, 5) is 37.6. The Hall–Kier alpha value is -2.15. The Bertz CT molecular complexity index is 585. The van der Waals surface area contributed by atoms with Crippen LogP contribution in [0.2, 0.25) is 0 Å². The van der Waals surface area contributed by atoms with E-state index in [4.69, 9.17) is 0 Å². The first-order valence-electron chi connectivity index (χ1n) is 7.47. The van der Waals surface area contributed by atoms with Gasteiger partial charge in [0.15, 0.2) is 0 Å². The molecule has 1 aromatic rings. The van der Waals surface area contributed by atoms with E-state index in [9.17, 15) is 9.59 Å². The summed E-state index contributed by atoms with van der Waals surface area (Å²) in [5.74, 6) is -0.00512. The van der Waals surface area contributed by atoms with Crippen molar-refractivity contribution >= 4 is 11.8 Å². The average molecular weight is 303 g/mol. The van der Waals surface area contributed by atoms with Gasteiger partial charge in [0.25, 0.3) is 5.91 Å². The number of carbonyl (C=O) groups is 2. The van der Waals surface area contributed by atoms with Crippen LogP contribution in [-0.4, -0.2) is 81.8 Å². The van der Waals surface area contributed by atoms with Crippen molar-refractivity contribution in [3.8, 4) is 0 Å². The van der Waals surface area contributed by atoms with Gasteiger partial charge in [-0.1, -0.05) is 6.08 Å². The van der Waals surface area contributed by atoms with Crippen molar-refractivity contribution in [3.05, 3.63) is 30.9 Å². The molecule has 2 fully saturated rings. The fourth-order valence-corrected chi connectivity index (χ4v) is 3.44. The predicted molar refractivity (Wildman–Crippen MR) is 81.2 cm³/mol. The number of amides is 2. The molecule has 1 N–H and O–H groups in total. The highest BCUT2D eigenvalue weighted by Gasteiger charge is 2.53. The number of carbonyl (C=O) groups excluding carboxylic acids is 2. The number of hydrogen-bond acceptors (Lipinski definition) is 4. The summed E-state index contributed by atoms with van der Waals surface area (Å²) in [6, 6.07) is 0. The second kappa shape index (κ2) is 5.57. The number of aromatic amines is 1. The van der Waals surface area contributed by atoms with Gasteiger partial charge in [-0.3, -0.25) is 14.5 Å². The van der Waals surface area contributed by atoms with Crippen molar-refractivity contribution in [1.82, 2.24) is 24.7 Å². The number of H-pyrrole nitrogens is 1. The van der Waals surface area contributed by atoms with Crippen molar-refractivity contribution in [2.45, 2.75) is 12.0 Å². The smallest absolute Gasteiger partial charge is 0.271 e. The molecule has 3 heterocycles. The molecule has 118 valence electrons. The minimum Gasteiger partial charge on any atom is -0.343 e. The molecule has 3 rings (SSSR count). The van der Waals surface area contributed by atoms with Crippen LogP contribution in [0.4, 0.5) is 0 Å². The van der Waals surface area contributed by atoms with Crippen LogP contribution in [0.3, 0.4) is 0 Å². The summed E-state index contributed by atoms with van der Waals surface area (Å²) in [5, 5.41) is 0. The number of nitrogens with one attached hydrogen (secondary N) is 1. The summed E-state index contributed by atoms with van der Waals surface area (Å²) < 4.78 is 0. The Morgan fingerprint density at radius 1 is 1.50 bits per heavy atom. The van der Waals surface area contributed by atoms with E-state index in [1.54, 1.807) is 9.80 Å². The molecule has 1 aromatic heterocycles. The number of hydrogen-bond donors (Lipinski definition) is 1. The molecule has 0 aliphatic carbocycles. The van der Waals surface area contributed by atoms with Crippen LogP contribution in [0.1, 0.15) is 16.9 Å². The lowest BCUT2D eigenvalue weighted by molar-refractivity contribution is -0.148. The summed E-state index contributed by atoms with van der Waals surface area (Å²) in [6.45, 7) is 6.96. The zero-order valence-electron chi connectivity index (χ0n) is 12.8. The molecule has 7 nitrogen and oxygen atoms in total. The topological polar surface area (TPSA) is 72.5 Å². The summed E-state index contributed by atoms with van der Waals surface area (Å²) >= 11 is 0. The first kappa shape index (κ1) is 14.8. The van der Waals surface area contributed by atoms with Gasteiger partial charge in [-0.15, -0.1) is 6.58 Å². The zero-order valence-corrected chi connectivity index (χ0v) is 12.8. The number of likely N-dealkylation sites (N-methyl/N-ethyl adjacent to an activating group) is 1.